The minimum absolute atomic E-state index is 0.309. The maximum Gasteiger partial charge on any atom is 0.191 e. The lowest BCUT2D eigenvalue weighted by molar-refractivity contribution is -0.252. The summed E-state index contributed by atoms with van der Waals surface area (Å²) in [5, 5.41) is 11.5. The van der Waals surface area contributed by atoms with E-state index in [1.807, 2.05) is 13.8 Å². The van der Waals surface area contributed by atoms with Crippen LogP contribution in [0.25, 0.3) is 0 Å². The van der Waals surface area contributed by atoms with Crippen molar-refractivity contribution in [3.8, 4) is 0 Å². The molecule has 1 aromatic heterocycles. The van der Waals surface area contributed by atoms with E-state index in [0.717, 1.165) is 0 Å². The molecule has 7 heteroatoms. The topological polar surface area (TPSA) is 79.5 Å². The van der Waals surface area contributed by atoms with Gasteiger partial charge in [0.05, 0.1) is 12.9 Å². The fourth-order valence-corrected chi connectivity index (χ4v) is 3.56. The third-order valence-corrected chi connectivity index (χ3v) is 4.49. The van der Waals surface area contributed by atoms with Crippen molar-refractivity contribution < 1.29 is 33.2 Å². The number of fused-ring (bicyclic) bond motifs is 1. The van der Waals surface area contributed by atoms with Crippen LogP contribution in [0.3, 0.4) is 0 Å². The van der Waals surface area contributed by atoms with Gasteiger partial charge in [0.15, 0.2) is 29.6 Å². The van der Waals surface area contributed by atoms with Crippen molar-refractivity contribution in [3.05, 3.63) is 24.2 Å². The third kappa shape index (κ3) is 2.34. The molecule has 3 fully saturated rings. The highest BCUT2D eigenvalue weighted by Crippen LogP contribution is 2.50. The number of furan rings is 1. The Labute approximate surface area is 134 Å². The largest absolute Gasteiger partial charge is 0.466 e. The number of hydrogen-bond acceptors (Lipinski definition) is 7. The van der Waals surface area contributed by atoms with Crippen molar-refractivity contribution in [2.45, 2.75) is 69.5 Å². The summed E-state index contributed by atoms with van der Waals surface area (Å²) in [6.07, 6.45) is -1.07. The average molecular weight is 326 g/mol. The van der Waals surface area contributed by atoms with Crippen LogP contribution in [0.1, 0.15) is 33.5 Å². The second-order valence-electron chi connectivity index (χ2n) is 7.15. The molecule has 0 aromatic carbocycles. The van der Waals surface area contributed by atoms with E-state index in [9.17, 15) is 5.11 Å². The van der Waals surface area contributed by atoms with Crippen LogP contribution in [-0.2, 0) is 29.3 Å². The summed E-state index contributed by atoms with van der Waals surface area (Å²) in [6.45, 7) is 7.52. The molecule has 3 saturated heterocycles. The predicted molar refractivity (Wildman–Crippen MR) is 76.2 cm³/mol. The molecule has 4 heterocycles. The summed E-state index contributed by atoms with van der Waals surface area (Å²) in [6, 6.07) is 3.42. The zero-order chi connectivity index (χ0) is 16.5. The van der Waals surface area contributed by atoms with Crippen LogP contribution in [-0.4, -0.2) is 47.9 Å². The fraction of sp³-hybridized carbons (Fsp3) is 0.750. The molecule has 0 unspecified atom stereocenters. The van der Waals surface area contributed by atoms with Crippen LogP contribution in [0.5, 0.6) is 0 Å². The van der Waals surface area contributed by atoms with E-state index in [1.54, 1.807) is 26.0 Å². The van der Waals surface area contributed by atoms with Gasteiger partial charge < -0.3 is 33.2 Å². The second-order valence-corrected chi connectivity index (χ2v) is 7.15. The first-order chi connectivity index (χ1) is 10.7. The van der Waals surface area contributed by atoms with Gasteiger partial charge in [0.25, 0.3) is 0 Å². The van der Waals surface area contributed by atoms with Crippen molar-refractivity contribution in [3.63, 3.8) is 0 Å². The predicted octanol–water partition coefficient (Wildman–Crippen LogP) is 1.50. The van der Waals surface area contributed by atoms with Crippen LogP contribution < -0.4 is 0 Å². The van der Waals surface area contributed by atoms with E-state index < -0.39 is 41.8 Å². The molecule has 3 aliphatic heterocycles. The lowest BCUT2D eigenvalue weighted by Gasteiger charge is -2.34. The fourth-order valence-electron chi connectivity index (χ4n) is 3.56. The first-order valence-corrected chi connectivity index (χ1v) is 7.80. The van der Waals surface area contributed by atoms with E-state index >= 15 is 0 Å². The highest BCUT2D eigenvalue weighted by molar-refractivity contribution is 5.21. The van der Waals surface area contributed by atoms with Gasteiger partial charge >= 0.3 is 0 Å². The lowest BCUT2D eigenvalue weighted by Crippen LogP contribution is -2.51. The molecule has 1 N–H and O–H groups in total. The zero-order valence-corrected chi connectivity index (χ0v) is 13.6. The second kappa shape index (κ2) is 4.78. The third-order valence-electron chi connectivity index (χ3n) is 4.49. The van der Waals surface area contributed by atoms with Crippen molar-refractivity contribution in [2.24, 2.45) is 0 Å². The molecule has 0 radical (unpaired) electrons. The normalized spacial score (nSPS) is 44.6. The molecular weight excluding hydrogens is 304 g/mol. The molecule has 5 atom stereocenters. The van der Waals surface area contributed by atoms with Gasteiger partial charge in [-0.25, -0.2) is 0 Å². The van der Waals surface area contributed by atoms with Gasteiger partial charge in [0, 0.05) is 0 Å². The van der Waals surface area contributed by atoms with Crippen LogP contribution in [0, 0.1) is 0 Å². The summed E-state index contributed by atoms with van der Waals surface area (Å²) in [5.41, 5.74) is -1.52. The first kappa shape index (κ1) is 15.6. The molecule has 4 rings (SSSR count). The maximum atomic E-state index is 11.5. The Morgan fingerprint density at radius 2 is 1.83 bits per heavy atom. The summed E-state index contributed by atoms with van der Waals surface area (Å²) < 4.78 is 34.6. The van der Waals surface area contributed by atoms with Gasteiger partial charge in [-0.05, 0) is 39.8 Å². The molecule has 0 saturated carbocycles. The summed E-state index contributed by atoms with van der Waals surface area (Å²) >= 11 is 0. The Morgan fingerprint density at radius 3 is 2.43 bits per heavy atom. The average Bonchev–Trinajstić information content (AvgIpc) is 3.16. The Bertz CT molecular complexity index is 581. The number of aliphatic hydroxyl groups is 1. The van der Waals surface area contributed by atoms with E-state index in [0.29, 0.717) is 12.4 Å². The van der Waals surface area contributed by atoms with Crippen molar-refractivity contribution in [2.75, 3.05) is 6.61 Å². The molecule has 0 spiro atoms. The lowest BCUT2D eigenvalue weighted by atomic mass is 9.87. The molecule has 0 amide bonds. The van der Waals surface area contributed by atoms with Crippen LogP contribution in [0.2, 0.25) is 0 Å². The highest BCUT2D eigenvalue weighted by Gasteiger charge is 2.68. The number of rotatable bonds is 2. The van der Waals surface area contributed by atoms with Gasteiger partial charge in [0.2, 0.25) is 0 Å². The number of ether oxygens (including phenoxy) is 5. The molecule has 23 heavy (non-hydrogen) atoms. The Hall–Kier alpha value is -0.960. The van der Waals surface area contributed by atoms with Crippen LogP contribution in [0.15, 0.2) is 22.8 Å². The van der Waals surface area contributed by atoms with Gasteiger partial charge in [-0.2, -0.15) is 0 Å². The van der Waals surface area contributed by atoms with Crippen LogP contribution in [0.4, 0.5) is 0 Å². The van der Waals surface area contributed by atoms with Gasteiger partial charge in [-0.3, -0.25) is 0 Å². The zero-order valence-electron chi connectivity index (χ0n) is 13.6. The smallest absolute Gasteiger partial charge is 0.191 e. The molecule has 1 aromatic rings. The maximum absolute atomic E-state index is 11.5. The monoisotopic (exact) mass is 326 g/mol. The molecule has 7 nitrogen and oxygen atoms in total. The summed E-state index contributed by atoms with van der Waals surface area (Å²) in [5.74, 6) is -1.20. The van der Waals surface area contributed by atoms with Crippen molar-refractivity contribution >= 4 is 0 Å². The SMILES string of the molecule is CC1(C)OC[C@H]([C@H]2O[C@@H]3OC(C)(C)O[C@@H]3[C@@]2(O)c2ccco2)O1. The molecule has 0 bridgehead atoms. The molecule has 128 valence electrons. The molecular formula is C16H22O7. The van der Waals surface area contributed by atoms with Crippen molar-refractivity contribution in [1.29, 1.82) is 0 Å². The van der Waals surface area contributed by atoms with Gasteiger partial charge in [-0.15, -0.1) is 0 Å². The van der Waals surface area contributed by atoms with E-state index in [4.69, 9.17) is 28.1 Å². The summed E-state index contributed by atoms with van der Waals surface area (Å²) in [4.78, 5) is 0. The first-order valence-electron chi connectivity index (χ1n) is 7.80. The van der Waals surface area contributed by atoms with Gasteiger partial charge in [0.1, 0.15) is 18.0 Å². The highest BCUT2D eigenvalue weighted by atomic mass is 16.8. The Balaban J connectivity index is 1.70. The number of hydrogen-bond donors (Lipinski definition) is 1. The Morgan fingerprint density at radius 1 is 1.04 bits per heavy atom. The molecule has 0 aliphatic carbocycles. The minimum Gasteiger partial charge on any atom is -0.466 e. The Kier molecular flexibility index (Phi) is 3.23. The minimum atomic E-state index is -1.52. The van der Waals surface area contributed by atoms with Crippen LogP contribution >= 0.6 is 0 Å². The standard InChI is InChI=1S/C16H22O7/c1-14(2)19-8-9(21-14)11-16(17,10-6-5-7-18-10)12-13(20-11)23-15(3,4)22-12/h5-7,9,11-13,17H,8H2,1-4H3/t9-,11-,12+,13-,16-/m1/s1. The summed E-state index contributed by atoms with van der Waals surface area (Å²) in [7, 11) is 0. The quantitative estimate of drug-likeness (QED) is 0.882. The van der Waals surface area contributed by atoms with Gasteiger partial charge in [-0.1, -0.05) is 0 Å². The van der Waals surface area contributed by atoms with Crippen molar-refractivity contribution in [1.82, 2.24) is 0 Å². The van der Waals surface area contributed by atoms with E-state index in [2.05, 4.69) is 0 Å². The molecule has 3 aliphatic rings. The van der Waals surface area contributed by atoms with E-state index in [1.165, 1.54) is 6.26 Å². The van der Waals surface area contributed by atoms with E-state index in [-0.39, 0.29) is 0 Å².